The summed E-state index contributed by atoms with van der Waals surface area (Å²) in [6.07, 6.45) is 1.78. The van der Waals surface area contributed by atoms with Crippen molar-refractivity contribution >= 4 is 11.8 Å². The second-order valence-corrected chi connectivity index (χ2v) is 5.44. The van der Waals surface area contributed by atoms with E-state index in [1.54, 1.807) is 0 Å². The summed E-state index contributed by atoms with van der Waals surface area (Å²) in [5, 5.41) is 0. The second kappa shape index (κ2) is 4.17. The summed E-state index contributed by atoms with van der Waals surface area (Å²) in [6, 6.07) is 0. The lowest BCUT2D eigenvalue weighted by atomic mass is 9.81. The van der Waals surface area contributed by atoms with Gasteiger partial charge in [-0.1, -0.05) is 13.8 Å². The lowest BCUT2D eigenvalue weighted by Gasteiger charge is -2.28. The third-order valence-electron chi connectivity index (χ3n) is 3.41. The standard InChI is InChI=1S/C12H22N2O2/c1-5-12(6-2)7-9(15)14(10(12)16)8-11(3,4)13/h5-8,13H2,1-4H3. The van der Waals surface area contributed by atoms with Crippen LogP contribution in [-0.4, -0.2) is 28.8 Å². The van der Waals surface area contributed by atoms with Crippen molar-refractivity contribution in [3.05, 3.63) is 0 Å². The third-order valence-corrected chi connectivity index (χ3v) is 3.41. The monoisotopic (exact) mass is 226 g/mol. The molecule has 1 aliphatic heterocycles. The number of carbonyl (C=O) groups is 2. The molecule has 2 N–H and O–H groups in total. The van der Waals surface area contributed by atoms with Crippen LogP contribution in [0.25, 0.3) is 0 Å². The molecular formula is C12H22N2O2. The highest BCUT2D eigenvalue weighted by atomic mass is 16.2. The van der Waals surface area contributed by atoms with E-state index in [1.807, 2.05) is 27.7 Å². The van der Waals surface area contributed by atoms with Gasteiger partial charge in [0, 0.05) is 18.5 Å². The molecule has 4 heteroatoms. The van der Waals surface area contributed by atoms with Gasteiger partial charge in [0.15, 0.2) is 0 Å². The van der Waals surface area contributed by atoms with Gasteiger partial charge >= 0.3 is 0 Å². The number of hydrogen-bond donors (Lipinski definition) is 1. The van der Waals surface area contributed by atoms with Crippen molar-refractivity contribution in [1.82, 2.24) is 4.90 Å². The van der Waals surface area contributed by atoms with Crippen LogP contribution < -0.4 is 5.73 Å². The molecule has 0 unspecified atom stereocenters. The summed E-state index contributed by atoms with van der Waals surface area (Å²) in [5.74, 6) is -0.117. The molecule has 1 fully saturated rings. The minimum atomic E-state index is -0.525. The van der Waals surface area contributed by atoms with Crippen molar-refractivity contribution in [3.8, 4) is 0 Å². The number of rotatable bonds is 4. The smallest absolute Gasteiger partial charge is 0.235 e. The van der Waals surface area contributed by atoms with Crippen LogP contribution >= 0.6 is 0 Å². The molecule has 1 heterocycles. The van der Waals surface area contributed by atoms with Gasteiger partial charge in [0.25, 0.3) is 0 Å². The Morgan fingerprint density at radius 3 is 2.12 bits per heavy atom. The Bertz CT molecular complexity index is 301. The summed E-state index contributed by atoms with van der Waals surface area (Å²) in [5.41, 5.74) is 4.87. The van der Waals surface area contributed by atoms with Gasteiger partial charge in [0.2, 0.25) is 11.8 Å². The van der Waals surface area contributed by atoms with Gasteiger partial charge in [-0.05, 0) is 26.7 Å². The normalized spacial score (nSPS) is 20.7. The molecule has 4 nitrogen and oxygen atoms in total. The fourth-order valence-corrected chi connectivity index (χ4v) is 2.23. The average Bonchev–Trinajstić information content (AvgIpc) is 2.41. The molecule has 2 amide bonds. The molecule has 1 rings (SSSR count). The van der Waals surface area contributed by atoms with Gasteiger partial charge in [-0.2, -0.15) is 0 Å². The maximum atomic E-state index is 12.2. The number of carbonyl (C=O) groups excluding carboxylic acids is 2. The fraction of sp³-hybridized carbons (Fsp3) is 0.833. The lowest BCUT2D eigenvalue weighted by molar-refractivity contribution is -0.142. The van der Waals surface area contributed by atoms with E-state index in [4.69, 9.17) is 5.73 Å². The predicted molar refractivity (Wildman–Crippen MR) is 62.6 cm³/mol. The zero-order valence-corrected chi connectivity index (χ0v) is 10.7. The Kier molecular flexibility index (Phi) is 3.43. The molecule has 1 aliphatic rings. The molecule has 1 saturated heterocycles. The first kappa shape index (κ1) is 13.2. The summed E-state index contributed by atoms with van der Waals surface area (Å²) in [4.78, 5) is 25.4. The van der Waals surface area contributed by atoms with Crippen LogP contribution in [0.5, 0.6) is 0 Å². The minimum absolute atomic E-state index is 0.0407. The Hall–Kier alpha value is -0.900. The number of amides is 2. The number of nitrogens with zero attached hydrogens (tertiary/aromatic N) is 1. The summed E-state index contributed by atoms with van der Waals surface area (Å²) in [7, 11) is 0. The Morgan fingerprint density at radius 2 is 1.81 bits per heavy atom. The molecular weight excluding hydrogens is 204 g/mol. The van der Waals surface area contributed by atoms with E-state index in [2.05, 4.69) is 0 Å². The van der Waals surface area contributed by atoms with Crippen molar-refractivity contribution in [1.29, 1.82) is 0 Å². The molecule has 0 aromatic carbocycles. The highest BCUT2D eigenvalue weighted by molar-refractivity contribution is 6.05. The SMILES string of the molecule is CCC1(CC)CC(=O)N(CC(C)(C)N)C1=O. The zero-order valence-electron chi connectivity index (χ0n) is 10.7. The third kappa shape index (κ3) is 2.26. The van der Waals surface area contributed by atoms with E-state index in [-0.39, 0.29) is 11.8 Å². The van der Waals surface area contributed by atoms with Crippen LogP contribution in [0.15, 0.2) is 0 Å². The van der Waals surface area contributed by atoms with Crippen molar-refractivity contribution in [2.45, 2.75) is 52.5 Å². The van der Waals surface area contributed by atoms with Crippen molar-refractivity contribution in [3.63, 3.8) is 0 Å². The zero-order chi connectivity index (χ0) is 12.6. The molecule has 0 aromatic heterocycles. The van der Waals surface area contributed by atoms with E-state index < -0.39 is 11.0 Å². The first-order valence-corrected chi connectivity index (χ1v) is 5.89. The van der Waals surface area contributed by atoms with Crippen LogP contribution in [0.1, 0.15) is 47.0 Å². The molecule has 0 aromatic rings. The summed E-state index contributed by atoms with van der Waals surface area (Å²) >= 11 is 0. The molecule has 0 atom stereocenters. The molecule has 0 spiro atoms. The molecule has 0 aliphatic carbocycles. The maximum Gasteiger partial charge on any atom is 0.235 e. The average molecular weight is 226 g/mol. The van der Waals surface area contributed by atoms with Gasteiger partial charge in [0.05, 0.1) is 5.41 Å². The first-order valence-electron chi connectivity index (χ1n) is 5.89. The van der Waals surface area contributed by atoms with Crippen LogP contribution in [0.2, 0.25) is 0 Å². The molecule has 0 radical (unpaired) electrons. The van der Waals surface area contributed by atoms with Gasteiger partial charge in [-0.15, -0.1) is 0 Å². The van der Waals surface area contributed by atoms with Gasteiger partial charge in [0.1, 0.15) is 0 Å². The quantitative estimate of drug-likeness (QED) is 0.735. The van der Waals surface area contributed by atoms with E-state index in [0.29, 0.717) is 13.0 Å². The first-order chi connectivity index (χ1) is 7.25. The van der Waals surface area contributed by atoms with Crippen molar-refractivity contribution in [2.24, 2.45) is 11.1 Å². The minimum Gasteiger partial charge on any atom is -0.324 e. The topological polar surface area (TPSA) is 63.4 Å². The summed E-state index contributed by atoms with van der Waals surface area (Å²) in [6.45, 7) is 7.89. The highest BCUT2D eigenvalue weighted by Crippen LogP contribution is 2.39. The van der Waals surface area contributed by atoms with Crippen LogP contribution in [0.3, 0.4) is 0 Å². The van der Waals surface area contributed by atoms with Gasteiger partial charge in [-0.3, -0.25) is 14.5 Å². The summed E-state index contributed by atoms with van der Waals surface area (Å²) < 4.78 is 0. The molecule has 0 bridgehead atoms. The lowest BCUT2D eigenvalue weighted by Crippen LogP contribution is -2.48. The number of likely N-dealkylation sites (tertiary alicyclic amines) is 1. The largest absolute Gasteiger partial charge is 0.324 e. The van der Waals surface area contributed by atoms with E-state index in [0.717, 1.165) is 12.8 Å². The van der Waals surface area contributed by atoms with Crippen LogP contribution in [0.4, 0.5) is 0 Å². The Labute approximate surface area is 97.2 Å². The van der Waals surface area contributed by atoms with E-state index >= 15 is 0 Å². The van der Waals surface area contributed by atoms with Crippen LogP contribution in [-0.2, 0) is 9.59 Å². The number of hydrogen-bond acceptors (Lipinski definition) is 3. The van der Waals surface area contributed by atoms with Crippen LogP contribution in [0, 0.1) is 5.41 Å². The van der Waals surface area contributed by atoms with Gasteiger partial charge < -0.3 is 5.73 Å². The molecule has 92 valence electrons. The van der Waals surface area contributed by atoms with Crippen molar-refractivity contribution < 1.29 is 9.59 Å². The fourth-order valence-electron chi connectivity index (χ4n) is 2.23. The van der Waals surface area contributed by atoms with Crippen molar-refractivity contribution in [2.75, 3.05) is 6.54 Å². The highest BCUT2D eigenvalue weighted by Gasteiger charge is 2.49. The Balaban J connectivity index is 2.91. The van der Waals surface area contributed by atoms with E-state index in [9.17, 15) is 9.59 Å². The number of imide groups is 1. The Morgan fingerprint density at radius 1 is 1.31 bits per heavy atom. The second-order valence-electron chi connectivity index (χ2n) is 5.44. The molecule has 16 heavy (non-hydrogen) atoms. The maximum absolute atomic E-state index is 12.2. The molecule has 0 saturated carbocycles. The van der Waals surface area contributed by atoms with E-state index in [1.165, 1.54) is 4.90 Å². The van der Waals surface area contributed by atoms with Gasteiger partial charge in [-0.25, -0.2) is 0 Å². The number of nitrogens with two attached hydrogens (primary N) is 1. The predicted octanol–water partition coefficient (Wildman–Crippen LogP) is 1.29.